The molecule has 2 rings (SSSR count). The summed E-state index contributed by atoms with van der Waals surface area (Å²) in [5.41, 5.74) is -1.04. The van der Waals surface area contributed by atoms with Crippen LogP contribution in [0.25, 0.3) is 0 Å². The number of aliphatic hydroxyl groups excluding tert-OH is 3. The maximum atomic E-state index is 12.2. The van der Waals surface area contributed by atoms with Crippen molar-refractivity contribution in [2.24, 2.45) is 0 Å². The number of hydrogen-bond donors (Lipinski definition) is 4. The van der Waals surface area contributed by atoms with Crippen molar-refractivity contribution in [2.75, 3.05) is 13.2 Å². The highest BCUT2D eigenvalue weighted by atomic mass is 32.2. The Hall–Kier alpha value is -0.250. The predicted octanol–water partition coefficient (Wildman–Crippen LogP) is -2.20. The first-order valence-corrected chi connectivity index (χ1v) is 7.87. The number of sulfone groups is 1. The third-order valence-electron chi connectivity index (χ3n) is 4.14. The Kier molecular flexibility index (Phi) is 3.94. The molecule has 19 heavy (non-hydrogen) atoms. The molecule has 4 N–H and O–H groups in total. The number of aliphatic hydroxyl groups is 4. The van der Waals surface area contributed by atoms with Crippen molar-refractivity contribution in [3.05, 3.63) is 0 Å². The third kappa shape index (κ3) is 2.53. The first kappa shape index (κ1) is 15.1. The Morgan fingerprint density at radius 1 is 1.16 bits per heavy atom. The lowest BCUT2D eigenvalue weighted by Crippen LogP contribution is -2.61. The summed E-state index contributed by atoms with van der Waals surface area (Å²) in [6.45, 7) is 1.61. The molecule has 5 atom stereocenters. The fourth-order valence-corrected chi connectivity index (χ4v) is 4.69. The van der Waals surface area contributed by atoms with Crippen LogP contribution in [0.5, 0.6) is 0 Å². The Bertz CT molecular complexity index is 430. The van der Waals surface area contributed by atoms with E-state index in [0.29, 0.717) is 0 Å². The Balaban J connectivity index is 2.12. The Labute approximate surface area is 111 Å². The minimum Gasteiger partial charge on any atom is -0.389 e. The van der Waals surface area contributed by atoms with Crippen LogP contribution in [-0.2, 0) is 14.6 Å². The third-order valence-corrected chi connectivity index (χ3v) is 6.81. The van der Waals surface area contributed by atoms with Gasteiger partial charge in [0.1, 0.15) is 11.7 Å². The molecule has 0 aromatic carbocycles. The fraction of sp³-hybridized carbons (Fsp3) is 1.00. The molecule has 2 fully saturated rings. The van der Waals surface area contributed by atoms with E-state index in [-0.39, 0.29) is 26.1 Å². The summed E-state index contributed by atoms with van der Waals surface area (Å²) in [4.78, 5) is 0. The van der Waals surface area contributed by atoms with Gasteiger partial charge in [0.25, 0.3) is 0 Å². The highest BCUT2D eigenvalue weighted by Crippen LogP contribution is 2.32. The predicted molar refractivity (Wildman–Crippen MR) is 65.2 cm³/mol. The van der Waals surface area contributed by atoms with Gasteiger partial charge in [-0.2, -0.15) is 0 Å². The van der Waals surface area contributed by atoms with E-state index in [2.05, 4.69) is 0 Å². The molecule has 112 valence electrons. The fourth-order valence-electron chi connectivity index (χ4n) is 2.59. The smallest absolute Gasteiger partial charge is 0.161 e. The molecule has 0 saturated carbocycles. The first-order valence-electron chi connectivity index (χ1n) is 6.26. The summed E-state index contributed by atoms with van der Waals surface area (Å²) in [6.07, 6.45) is -4.33. The Morgan fingerprint density at radius 3 is 2.21 bits per heavy atom. The van der Waals surface area contributed by atoms with Gasteiger partial charge in [-0.1, -0.05) is 0 Å². The van der Waals surface area contributed by atoms with Crippen LogP contribution in [0, 0.1) is 0 Å². The molecular formula is C11H20O7S. The molecule has 0 aliphatic carbocycles. The lowest BCUT2D eigenvalue weighted by atomic mass is 9.91. The minimum atomic E-state index is -3.75. The Morgan fingerprint density at radius 2 is 1.74 bits per heavy atom. The van der Waals surface area contributed by atoms with Gasteiger partial charge < -0.3 is 25.2 Å². The van der Waals surface area contributed by atoms with Crippen LogP contribution in [0.4, 0.5) is 0 Å². The van der Waals surface area contributed by atoms with Crippen LogP contribution in [0.2, 0.25) is 0 Å². The second kappa shape index (κ2) is 4.94. The zero-order chi connectivity index (χ0) is 14.4. The van der Waals surface area contributed by atoms with E-state index >= 15 is 0 Å². The van der Waals surface area contributed by atoms with Crippen LogP contribution < -0.4 is 0 Å². The van der Waals surface area contributed by atoms with Crippen LogP contribution in [-0.4, -0.2) is 76.5 Å². The monoisotopic (exact) mass is 296 g/mol. The average Bonchev–Trinajstić information content (AvgIpc) is 2.32. The highest BCUT2D eigenvalue weighted by molar-refractivity contribution is 7.92. The van der Waals surface area contributed by atoms with Gasteiger partial charge in [-0.25, -0.2) is 8.42 Å². The van der Waals surface area contributed by atoms with Gasteiger partial charge in [0.2, 0.25) is 0 Å². The second-order valence-corrected chi connectivity index (χ2v) is 8.09. The number of hydrogen-bond acceptors (Lipinski definition) is 7. The van der Waals surface area contributed by atoms with Gasteiger partial charge in [0.05, 0.1) is 35.9 Å². The maximum absolute atomic E-state index is 12.2. The van der Waals surface area contributed by atoms with Crippen LogP contribution >= 0.6 is 0 Å². The second-order valence-electron chi connectivity index (χ2n) is 5.56. The lowest BCUT2D eigenvalue weighted by Gasteiger charge is -2.41. The summed E-state index contributed by atoms with van der Waals surface area (Å²) in [6, 6.07) is 0. The summed E-state index contributed by atoms with van der Waals surface area (Å²) in [5, 5.41) is 36.7. The van der Waals surface area contributed by atoms with Gasteiger partial charge in [-0.15, -0.1) is 0 Å². The van der Waals surface area contributed by atoms with Crippen molar-refractivity contribution in [3.8, 4) is 0 Å². The van der Waals surface area contributed by atoms with Gasteiger partial charge >= 0.3 is 0 Å². The van der Waals surface area contributed by atoms with Gasteiger partial charge in [-0.05, 0) is 19.8 Å². The molecule has 0 amide bonds. The van der Waals surface area contributed by atoms with Crippen LogP contribution in [0.3, 0.4) is 0 Å². The molecule has 2 heterocycles. The lowest BCUT2D eigenvalue weighted by molar-refractivity contribution is -0.182. The molecule has 2 aliphatic rings. The maximum Gasteiger partial charge on any atom is 0.161 e. The van der Waals surface area contributed by atoms with Gasteiger partial charge in [0.15, 0.2) is 9.84 Å². The van der Waals surface area contributed by atoms with E-state index in [0.717, 1.165) is 0 Å². The molecular weight excluding hydrogens is 276 g/mol. The van der Waals surface area contributed by atoms with Crippen molar-refractivity contribution in [3.63, 3.8) is 0 Å². The standard InChI is InChI=1S/C11H20O7S/c1-6-8(12)10(14)9(13)7(19(6,16)17)2-3-11(15)4-18-5-11/h6-10,12-15H,2-5H2,1H3/t6?,7-,8-,9-,10-/m1/s1. The molecule has 0 aromatic heterocycles. The molecule has 0 bridgehead atoms. The summed E-state index contributed by atoms with van der Waals surface area (Å²) >= 11 is 0. The molecule has 1 unspecified atom stereocenters. The summed E-state index contributed by atoms with van der Waals surface area (Å²) < 4.78 is 29.2. The van der Waals surface area contributed by atoms with E-state index in [1.54, 1.807) is 0 Å². The van der Waals surface area contributed by atoms with Crippen molar-refractivity contribution in [1.29, 1.82) is 0 Å². The van der Waals surface area contributed by atoms with Crippen molar-refractivity contribution in [1.82, 2.24) is 0 Å². The average molecular weight is 296 g/mol. The highest BCUT2D eigenvalue weighted by Gasteiger charge is 2.51. The topological polar surface area (TPSA) is 124 Å². The largest absolute Gasteiger partial charge is 0.389 e. The summed E-state index contributed by atoms with van der Waals surface area (Å²) in [5.74, 6) is 0. The number of rotatable bonds is 3. The first-order chi connectivity index (χ1) is 8.69. The van der Waals surface area contributed by atoms with E-state index < -0.39 is 44.3 Å². The van der Waals surface area contributed by atoms with E-state index in [1.807, 2.05) is 0 Å². The quantitative estimate of drug-likeness (QED) is 0.465. The van der Waals surface area contributed by atoms with Crippen LogP contribution in [0.15, 0.2) is 0 Å². The van der Waals surface area contributed by atoms with E-state index in [9.17, 15) is 28.8 Å². The molecule has 2 aliphatic heterocycles. The van der Waals surface area contributed by atoms with Crippen molar-refractivity contribution >= 4 is 9.84 Å². The van der Waals surface area contributed by atoms with Gasteiger partial charge in [-0.3, -0.25) is 0 Å². The minimum absolute atomic E-state index is 0.0253. The summed E-state index contributed by atoms with van der Waals surface area (Å²) in [7, 11) is -3.75. The van der Waals surface area contributed by atoms with E-state index in [4.69, 9.17) is 4.74 Å². The molecule has 7 nitrogen and oxygen atoms in total. The number of ether oxygens (including phenoxy) is 1. The van der Waals surface area contributed by atoms with Crippen LogP contribution in [0.1, 0.15) is 19.8 Å². The van der Waals surface area contributed by atoms with E-state index in [1.165, 1.54) is 6.92 Å². The van der Waals surface area contributed by atoms with Gasteiger partial charge in [0, 0.05) is 0 Å². The molecule has 0 radical (unpaired) electrons. The van der Waals surface area contributed by atoms with Crippen molar-refractivity contribution < 1.29 is 33.6 Å². The normalized spacial score (nSPS) is 44.6. The zero-order valence-corrected chi connectivity index (χ0v) is 11.5. The molecule has 2 saturated heterocycles. The molecule has 0 spiro atoms. The zero-order valence-electron chi connectivity index (χ0n) is 10.6. The van der Waals surface area contributed by atoms with Crippen molar-refractivity contribution in [2.45, 2.75) is 54.2 Å². The SMILES string of the molecule is CC1[C@@H](O)[C@@H](O)[C@H](O)[C@@H](CCC2(O)COC2)S1(=O)=O. The molecule has 8 heteroatoms. The molecule has 0 aromatic rings.